The predicted octanol–water partition coefficient (Wildman–Crippen LogP) is 0.944. The van der Waals surface area contributed by atoms with Crippen molar-refractivity contribution in [3.05, 3.63) is 0 Å². The predicted molar refractivity (Wildman–Crippen MR) is 60.0 cm³/mol. The first-order valence-corrected chi connectivity index (χ1v) is 6.42. The summed E-state index contributed by atoms with van der Waals surface area (Å²) in [6.45, 7) is 8.23. The van der Waals surface area contributed by atoms with Crippen molar-refractivity contribution in [3.8, 4) is 0 Å². The van der Waals surface area contributed by atoms with Gasteiger partial charge in [0.1, 0.15) is 0 Å². The molecule has 86 valence electrons. The van der Waals surface area contributed by atoms with Gasteiger partial charge in [-0.05, 0) is 32.7 Å². The molecule has 0 spiro atoms. The van der Waals surface area contributed by atoms with Crippen molar-refractivity contribution in [1.29, 1.82) is 0 Å². The summed E-state index contributed by atoms with van der Waals surface area (Å²) in [5.41, 5.74) is 0. The maximum atomic E-state index is 5.51. The average Bonchev–Trinajstić information content (AvgIpc) is 2.85. The number of nitrogens with zero attached hydrogens (tertiary/aromatic N) is 2. The average molecular weight is 210 g/mol. The third kappa shape index (κ3) is 1.81. The summed E-state index contributed by atoms with van der Waals surface area (Å²) in [5, 5.41) is 0. The number of piperazine rings is 1. The first kappa shape index (κ1) is 10.1. The molecular formula is C12H22N2O. The molecule has 3 aliphatic heterocycles. The normalized spacial score (nSPS) is 43.4. The zero-order valence-electron chi connectivity index (χ0n) is 9.69. The van der Waals surface area contributed by atoms with Crippen molar-refractivity contribution < 1.29 is 4.74 Å². The summed E-state index contributed by atoms with van der Waals surface area (Å²) in [7, 11) is 0. The molecule has 3 fully saturated rings. The molecule has 15 heavy (non-hydrogen) atoms. The van der Waals surface area contributed by atoms with Crippen molar-refractivity contribution in [2.75, 3.05) is 32.8 Å². The Kier molecular flexibility index (Phi) is 2.71. The summed E-state index contributed by atoms with van der Waals surface area (Å²) in [6.07, 6.45) is 4.07. The molecule has 0 aromatic heterocycles. The molecule has 3 saturated heterocycles. The molecule has 0 N–H and O–H groups in total. The van der Waals surface area contributed by atoms with E-state index in [9.17, 15) is 0 Å². The summed E-state index contributed by atoms with van der Waals surface area (Å²) in [6, 6.07) is 2.29. The molecule has 3 aliphatic rings. The lowest BCUT2D eigenvalue weighted by Crippen LogP contribution is -2.58. The lowest BCUT2D eigenvalue weighted by molar-refractivity contribution is 0.0238. The molecular weight excluding hydrogens is 188 g/mol. The van der Waals surface area contributed by atoms with Crippen molar-refractivity contribution in [2.45, 2.75) is 44.3 Å². The number of hydrogen-bond acceptors (Lipinski definition) is 3. The van der Waals surface area contributed by atoms with E-state index in [2.05, 4.69) is 16.7 Å². The largest absolute Gasteiger partial charge is 0.380 e. The Hall–Kier alpha value is -0.120. The third-order valence-corrected chi connectivity index (χ3v) is 4.36. The van der Waals surface area contributed by atoms with Crippen LogP contribution in [0.4, 0.5) is 0 Å². The Morgan fingerprint density at radius 2 is 2.07 bits per heavy atom. The first-order valence-electron chi connectivity index (χ1n) is 6.42. The van der Waals surface area contributed by atoms with E-state index in [1.54, 1.807) is 0 Å². The minimum atomic E-state index is 0.711. The number of ether oxygens (including phenoxy) is 1. The molecule has 3 atom stereocenters. The summed E-state index contributed by atoms with van der Waals surface area (Å²) < 4.78 is 5.51. The maximum Gasteiger partial charge on any atom is 0.0622 e. The highest BCUT2D eigenvalue weighted by atomic mass is 16.5. The van der Waals surface area contributed by atoms with Gasteiger partial charge in [0.2, 0.25) is 0 Å². The Labute approximate surface area is 92.4 Å². The number of hydrogen-bond donors (Lipinski definition) is 0. The Morgan fingerprint density at radius 3 is 2.87 bits per heavy atom. The summed E-state index contributed by atoms with van der Waals surface area (Å²) >= 11 is 0. The topological polar surface area (TPSA) is 15.7 Å². The van der Waals surface area contributed by atoms with Crippen LogP contribution in [-0.4, -0.2) is 60.8 Å². The highest BCUT2D eigenvalue weighted by Gasteiger charge is 2.38. The van der Waals surface area contributed by atoms with Gasteiger partial charge in [0, 0.05) is 37.8 Å². The SMILES string of the molecule is CC1CN2CCCC2CN1C1CCOC1. The van der Waals surface area contributed by atoms with Crippen LogP contribution in [0.15, 0.2) is 0 Å². The first-order chi connectivity index (χ1) is 7.34. The molecule has 0 amide bonds. The fourth-order valence-electron chi connectivity index (χ4n) is 3.50. The highest BCUT2D eigenvalue weighted by Crippen LogP contribution is 2.27. The van der Waals surface area contributed by atoms with E-state index in [1.807, 2.05) is 0 Å². The lowest BCUT2D eigenvalue weighted by Gasteiger charge is -2.44. The molecule has 3 rings (SSSR count). The Bertz CT molecular complexity index is 228. The molecule has 3 nitrogen and oxygen atoms in total. The summed E-state index contributed by atoms with van der Waals surface area (Å²) in [4.78, 5) is 5.40. The minimum Gasteiger partial charge on any atom is -0.380 e. The van der Waals surface area contributed by atoms with Gasteiger partial charge in [-0.1, -0.05) is 0 Å². The lowest BCUT2D eigenvalue weighted by atomic mass is 10.0. The van der Waals surface area contributed by atoms with E-state index in [1.165, 1.54) is 38.9 Å². The second-order valence-corrected chi connectivity index (χ2v) is 5.35. The van der Waals surface area contributed by atoms with Crippen LogP contribution in [0, 0.1) is 0 Å². The summed E-state index contributed by atoms with van der Waals surface area (Å²) in [5.74, 6) is 0. The second kappa shape index (κ2) is 4.04. The van der Waals surface area contributed by atoms with Crippen LogP contribution in [0.5, 0.6) is 0 Å². The van der Waals surface area contributed by atoms with E-state index in [-0.39, 0.29) is 0 Å². The molecule has 3 heterocycles. The van der Waals surface area contributed by atoms with E-state index >= 15 is 0 Å². The molecule has 0 aromatic carbocycles. The Balaban J connectivity index is 1.67. The van der Waals surface area contributed by atoms with Crippen LogP contribution < -0.4 is 0 Å². The Morgan fingerprint density at radius 1 is 1.13 bits per heavy atom. The van der Waals surface area contributed by atoms with Crippen molar-refractivity contribution in [3.63, 3.8) is 0 Å². The van der Waals surface area contributed by atoms with Gasteiger partial charge in [-0.25, -0.2) is 0 Å². The third-order valence-electron chi connectivity index (χ3n) is 4.36. The fourth-order valence-corrected chi connectivity index (χ4v) is 3.50. The van der Waals surface area contributed by atoms with Gasteiger partial charge in [-0.15, -0.1) is 0 Å². The van der Waals surface area contributed by atoms with Gasteiger partial charge in [-0.2, -0.15) is 0 Å². The van der Waals surface area contributed by atoms with E-state index < -0.39 is 0 Å². The van der Waals surface area contributed by atoms with Gasteiger partial charge in [-0.3, -0.25) is 9.80 Å². The van der Waals surface area contributed by atoms with Crippen LogP contribution in [0.1, 0.15) is 26.2 Å². The van der Waals surface area contributed by atoms with Gasteiger partial charge < -0.3 is 4.74 Å². The standard InChI is InChI=1S/C12H22N2O/c1-10-7-13-5-2-3-11(13)8-14(10)12-4-6-15-9-12/h10-12H,2-9H2,1H3. The second-order valence-electron chi connectivity index (χ2n) is 5.35. The fraction of sp³-hybridized carbons (Fsp3) is 1.00. The van der Waals surface area contributed by atoms with Gasteiger partial charge in [0.25, 0.3) is 0 Å². The maximum absolute atomic E-state index is 5.51. The van der Waals surface area contributed by atoms with Crippen molar-refractivity contribution >= 4 is 0 Å². The number of rotatable bonds is 1. The van der Waals surface area contributed by atoms with Crippen LogP contribution in [0.2, 0.25) is 0 Å². The van der Waals surface area contributed by atoms with E-state index in [0.717, 1.165) is 25.3 Å². The van der Waals surface area contributed by atoms with Gasteiger partial charge in [0.15, 0.2) is 0 Å². The van der Waals surface area contributed by atoms with Gasteiger partial charge >= 0.3 is 0 Å². The molecule has 0 aromatic rings. The monoisotopic (exact) mass is 210 g/mol. The van der Waals surface area contributed by atoms with Crippen LogP contribution in [-0.2, 0) is 4.74 Å². The van der Waals surface area contributed by atoms with E-state index in [0.29, 0.717) is 6.04 Å². The van der Waals surface area contributed by atoms with Crippen LogP contribution in [0.25, 0.3) is 0 Å². The molecule has 0 aliphatic carbocycles. The zero-order chi connectivity index (χ0) is 10.3. The molecule has 3 heteroatoms. The molecule has 0 bridgehead atoms. The highest BCUT2D eigenvalue weighted by molar-refractivity contribution is 4.93. The zero-order valence-corrected chi connectivity index (χ0v) is 9.69. The quantitative estimate of drug-likeness (QED) is 0.641. The van der Waals surface area contributed by atoms with Crippen LogP contribution >= 0.6 is 0 Å². The van der Waals surface area contributed by atoms with Crippen molar-refractivity contribution in [2.24, 2.45) is 0 Å². The molecule has 0 saturated carbocycles. The number of fused-ring (bicyclic) bond motifs is 1. The van der Waals surface area contributed by atoms with Crippen molar-refractivity contribution in [1.82, 2.24) is 9.80 Å². The van der Waals surface area contributed by atoms with Gasteiger partial charge in [0.05, 0.1) is 6.61 Å². The minimum absolute atomic E-state index is 0.711. The van der Waals surface area contributed by atoms with Crippen LogP contribution in [0.3, 0.4) is 0 Å². The molecule has 3 unspecified atom stereocenters. The smallest absolute Gasteiger partial charge is 0.0622 e. The molecule has 0 radical (unpaired) electrons. The van der Waals surface area contributed by atoms with E-state index in [4.69, 9.17) is 4.74 Å².